The van der Waals surface area contributed by atoms with E-state index in [4.69, 9.17) is 4.74 Å². The fourth-order valence-electron chi connectivity index (χ4n) is 5.27. The van der Waals surface area contributed by atoms with Gasteiger partial charge in [-0.15, -0.1) is 0 Å². The summed E-state index contributed by atoms with van der Waals surface area (Å²) >= 11 is 0. The van der Waals surface area contributed by atoms with Crippen molar-refractivity contribution in [2.75, 3.05) is 20.2 Å². The summed E-state index contributed by atoms with van der Waals surface area (Å²) < 4.78 is 5.31. The molecule has 0 atom stereocenters. The fourth-order valence-corrected chi connectivity index (χ4v) is 5.27. The predicted molar refractivity (Wildman–Crippen MR) is 158 cm³/mol. The van der Waals surface area contributed by atoms with Crippen molar-refractivity contribution in [1.29, 1.82) is 0 Å². The molecule has 0 spiro atoms. The van der Waals surface area contributed by atoms with E-state index in [9.17, 15) is 9.59 Å². The van der Waals surface area contributed by atoms with Crippen molar-refractivity contribution in [2.45, 2.75) is 90.1 Å². The van der Waals surface area contributed by atoms with E-state index >= 15 is 0 Å². The Labute approximate surface area is 233 Å². The zero-order valence-electron chi connectivity index (χ0n) is 23.8. The lowest BCUT2D eigenvalue weighted by molar-refractivity contribution is -0.141. The molecule has 1 aromatic heterocycles. The van der Waals surface area contributed by atoms with Gasteiger partial charge in [0.2, 0.25) is 11.8 Å². The summed E-state index contributed by atoms with van der Waals surface area (Å²) in [6.07, 6.45) is 13.6. The van der Waals surface area contributed by atoms with Crippen LogP contribution in [0.1, 0.15) is 82.3 Å². The molecule has 3 aromatic rings. The quantitative estimate of drug-likeness (QED) is 0.193. The number of ether oxygens (including phenoxy) is 1. The Morgan fingerprint density at radius 2 is 1.64 bits per heavy atom. The maximum Gasteiger partial charge on any atom is 0.242 e. The number of nitrogens with one attached hydrogen (secondary N) is 1. The first-order valence-electron chi connectivity index (χ1n) is 14.8. The smallest absolute Gasteiger partial charge is 0.242 e. The van der Waals surface area contributed by atoms with Crippen molar-refractivity contribution >= 4 is 22.7 Å². The largest absolute Gasteiger partial charge is 0.497 e. The van der Waals surface area contributed by atoms with Crippen LogP contribution < -0.4 is 4.74 Å². The summed E-state index contributed by atoms with van der Waals surface area (Å²) in [5.41, 5.74) is 3.36. The van der Waals surface area contributed by atoms with Gasteiger partial charge in [-0.25, -0.2) is 0 Å². The molecule has 0 unspecified atom stereocenters. The molecule has 1 heterocycles. The van der Waals surface area contributed by atoms with Gasteiger partial charge in [-0.1, -0.05) is 75.8 Å². The number of unbranched alkanes of at least 4 members (excludes halogenated alkanes) is 6. The number of carbonyl (C=O) groups is 2. The summed E-state index contributed by atoms with van der Waals surface area (Å²) in [4.78, 5) is 34.0. The van der Waals surface area contributed by atoms with E-state index in [1.54, 1.807) is 7.11 Å². The van der Waals surface area contributed by atoms with Crippen LogP contribution in [0.15, 0.2) is 54.7 Å². The number of hydrogen-bond donors (Lipinski definition) is 1. The van der Waals surface area contributed by atoms with Crippen LogP contribution in [0.5, 0.6) is 5.75 Å². The molecule has 1 saturated carbocycles. The third-order valence-corrected chi connectivity index (χ3v) is 7.82. The molecule has 210 valence electrons. The third-order valence-electron chi connectivity index (χ3n) is 7.82. The Balaban J connectivity index is 1.38. The number of hydrogen-bond acceptors (Lipinski definition) is 3. The highest BCUT2D eigenvalue weighted by atomic mass is 16.5. The van der Waals surface area contributed by atoms with E-state index in [0.29, 0.717) is 19.5 Å². The SMILES string of the molecule is CCCCCCCCCC(=O)N(CC(=O)N(CCc1c[nH]c2ccccc12)Cc1ccc(OC)cc1)C1CC1. The van der Waals surface area contributed by atoms with Gasteiger partial charge < -0.3 is 19.5 Å². The van der Waals surface area contributed by atoms with Crippen LogP contribution in [0.25, 0.3) is 10.9 Å². The number of aromatic amines is 1. The Hall–Kier alpha value is -3.28. The zero-order valence-corrected chi connectivity index (χ0v) is 23.8. The average Bonchev–Trinajstić information content (AvgIpc) is 3.72. The number of amides is 2. The molecule has 0 saturated heterocycles. The highest BCUT2D eigenvalue weighted by Crippen LogP contribution is 2.28. The molecule has 0 aliphatic heterocycles. The van der Waals surface area contributed by atoms with E-state index in [0.717, 1.165) is 48.9 Å². The Bertz CT molecular complexity index is 1180. The van der Waals surface area contributed by atoms with Crippen LogP contribution in [0.3, 0.4) is 0 Å². The number of carbonyl (C=O) groups excluding carboxylic acids is 2. The van der Waals surface area contributed by atoms with Crippen LogP contribution in [0.2, 0.25) is 0 Å². The van der Waals surface area contributed by atoms with Crippen molar-refractivity contribution in [3.05, 3.63) is 65.9 Å². The number of aromatic nitrogens is 1. The highest BCUT2D eigenvalue weighted by Gasteiger charge is 2.34. The fraction of sp³-hybridized carbons (Fsp3) is 0.515. The molecule has 4 rings (SSSR count). The van der Waals surface area contributed by atoms with E-state index in [1.807, 2.05) is 52.4 Å². The second-order valence-corrected chi connectivity index (χ2v) is 10.9. The van der Waals surface area contributed by atoms with Crippen molar-refractivity contribution in [3.8, 4) is 5.75 Å². The van der Waals surface area contributed by atoms with Gasteiger partial charge in [-0.2, -0.15) is 0 Å². The second-order valence-electron chi connectivity index (χ2n) is 10.9. The van der Waals surface area contributed by atoms with Gasteiger partial charge in [0.15, 0.2) is 0 Å². The number of benzene rings is 2. The first-order chi connectivity index (χ1) is 19.1. The summed E-state index contributed by atoms with van der Waals surface area (Å²) in [7, 11) is 1.65. The first-order valence-corrected chi connectivity index (χ1v) is 14.8. The molecule has 0 radical (unpaired) electrons. The molecular weight excluding hydrogens is 486 g/mol. The lowest BCUT2D eigenvalue weighted by Crippen LogP contribution is -2.44. The van der Waals surface area contributed by atoms with E-state index in [2.05, 4.69) is 24.0 Å². The Kier molecular flexibility index (Phi) is 10.9. The molecule has 1 N–H and O–H groups in total. The molecule has 1 aliphatic rings. The van der Waals surface area contributed by atoms with Gasteiger partial charge >= 0.3 is 0 Å². The normalized spacial score (nSPS) is 13.0. The number of methoxy groups -OCH3 is 1. The summed E-state index contributed by atoms with van der Waals surface area (Å²) in [5, 5.41) is 1.19. The number of H-pyrrole nitrogens is 1. The molecule has 2 aromatic carbocycles. The van der Waals surface area contributed by atoms with E-state index in [-0.39, 0.29) is 24.4 Å². The monoisotopic (exact) mass is 531 g/mol. The standard InChI is InChI=1S/C33H45N3O3/c1-3-4-5-6-7-8-9-14-32(37)36(28-17-18-28)25-33(38)35(24-26-15-19-29(39-2)20-16-26)22-21-27-23-34-31-13-11-10-12-30(27)31/h10-13,15-16,19-20,23,28,34H,3-9,14,17-18,21-22,24-25H2,1-2H3. The van der Waals surface area contributed by atoms with Crippen molar-refractivity contribution in [1.82, 2.24) is 14.8 Å². The van der Waals surface area contributed by atoms with Gasteiger partial charge in [0, 0.05) is 42.7 Å². The van der Waals surface area contributed by atoms with Gasteiger partial charge in [-0.3, -0.25) is 9.59 Å². The lowest BCUT2D eigenvalue weighted by Gasteiger charge is -2.28. The van der Waals surface area contributed by atoms with Crippen molar-refractivity contribution < 1.29 is 14.3 Å². The molecule has 1 fully saturated rings. The van der Waals surface area contributed by atoms with Gasteiger partial charge in [0.1, 0.15) is 12.3 Å². The van der Waals surface area contributed by atoms with Crippen molar-refractivity contribution in [2.24, 2.45) is 0 Å². The molecule has 1 aliphatic carbocycles. The zero-order chi connectivity index (χ0) is 27.5. The van der Waals surface area contributed by atoms with Crippen molar-refractivity contribution in [3.63, 3.8) is 0 Å². The lowest BCUT2D eigenvalue weighted by atomic mass is 10.1. The molecule has 0 bridgehead atoms. The van der Waals surface area contributed by atoms with Gasteiger partial charge in [0.05, 0.1) is 7.11 Å². The summed E-state index contributed by atoms with van der Waals surface area (Å²) in [5.74, 6) is 0.956. The number of nitrogens with zero attached hydrogens (tertiary/aromatic N) is 2. The van der Waals surface area contributed by atoms with Crippen LogP contribution in [-0.4, -0.2) is 52.8 Å². The molecule has 6 nitrogen and oxygen atoms in total. The topological polar surface area (TPSA) is 65.6 Å². The number of rotatable bonds is 17. The van der Waals surface area contributed by atoms with E-state index in [1.165, 1.54) is 43.1 Å². The maximum atomic E-state index is 13.7. The number of fused-ring (bicyclic) bond motifs is 1. The van der Waals surface area contributed by atoms with E-state index < -0.39 is 0 Å². The molecular formula is C33H45N3O3. The molecule has 2 amide bonds. The average molecular weight is 532 g/mol. The molecule has 39 heavy (non-hydrogen) atoms. The summed E-state index contributed by atoms with van der Waals surface area (Å²) in [6, 6.07) is 16.4. The summed E-state index contributed by atoms with van der Waals surface area (Å²) in [6.45, 7) is 3.50. The minimum Gasteiger partial charge on any atom is -0.497 e. The highest BCUT2D eigenvalue weighted by molar-refractivity contribution is 5.86. The Morgan fingerprint density at radius 1 is 0.923 bits per heavy atom. The minimum absolute atomic E-state index is 0.0190. The molecule has 6 heteroatoms. The first kappa shape index (κ1) is 28.7. The van der Waals surface area contributed by atoms with Gasteiger partial charge in [-0.05, 0) is 55.0 Å². The second kappa shape index (κ2) is 14.8. The maximum absolute atomic E-state index is 13.7. The van der Waals surface area contributed by atoms with Crippen LogP contribution in [0, 0.1) is 0 Å². The predicted octanol–water partition coefficient (Wildman–Crippen LogP) is 6.88. The van der Waals surface area contributed by atoms with Crippen LogP contribution in [0.4, 0.5) is 0 Å². The van der Waals surface area contributed by atoms with Gasteiger partial charge in [0.25, 0.3) is 0 Å². The minimum atomic E-state index is 0.0190. The number of para-hydroxylation sites is 1. The third kappa shape index (κ3) is 8.61. The van der Waals surface area contributed by atoms with Crippen LogP contribution >= 0.6 is 0 Å². The Morgan fingerprint density at radius 3 is 2.36 bits per heavy atom. The van der Waals surface area contributed by atoms with Crippen LogP contribution in [-0.2, 0) is 22.6 Å².